The van der Waals surface area contributed by atoms with Gasteiger partial charge in [-0.2, -0.15) is 26.0 Å². The van der Waals surface area contributed by atoms with E-state index in [1.807, 2.05) is 12.1 Å². The Morgan fingerprint density at radius 1 is 0.938 bits per heavy atom. The molecule has 0 fully saturated rings. The van der Waals surface area contributed by atoms with Crippen LogP contribution in [-0.2, 0) is 0 Å². The van der Waals surface area contributed by atoms with E-state index < -0.39 is 11.1 Å². The van der Waals surface area contributed by atoms with Crippen LogP contribution in [-0.4, -0.2) is 11.1 Å². The zero-order chi connectivity index (χ0) is 13.2. The van der Waals surface area contributed by atoms with Gasteiger partial charge < -0.3 is 0 Å². The van der Waals surface area contributed by atoms with E-state index in [-0.39, 0.29) is 0 Å². The number of azo groups is 1. The van der Waals surface area contributed by atoms with Crippen LogP contribution in [0.4, 0.5) is 0 Å². The van der Waals surface area contributed by atoms with Crippen molar-refractivity contribution in [2.45, 2.75) is 38.8 Å². The van der Waals surface area contributed by atoms with E-state index in [2.05, 4.69) is 16.8 Å². The maximum atomic E-state index is 8.58. The lowest BCUT2D eigenvalue weighted by Crippen LogP contribution is -2.17. The number of nitrogens with zero attached hydrogens (tertiary/aromatic N) is 5. The molecule has 0 bridgehead atoms. The first-order valence-corrected chi connectivity index (χ1v) is 4.51. The molecule has 16 heavy (non-hydrogen) atoms. The molecular formula is C11H15N5. The summed E-state index contributed by atoms with van der Waals surface area (Å²) >= 11 is 0. The summed E-state index contributed by atoms with van der Waals surface area (Å²) in [5, 5.41) is 32.2. The van der Waals surface area contributed by atoms with Crippen molar-refractivity contribution in [2.75, 3.05) is 0 Å². The maximum absolute atomic E-state index is 8.58. The molecule has 0 aromatic rings. The third-order valence-corrected chi connectivity index (χ3v) is 1.19. The molecule has 0 unspecified atom stereocenters. The van der Waals surface area contributed by atoms with Crippen LogP contribution in [0.3, 0.4) is 0 Å². The van der Waals surface area contributed by atoms with E-state index in [4.69, 9.17) is 15.8 Å². The van der Waals surface area contributed by atoms with Crippen LogP contribution in [0.25, 0.3) is 0 Å². The Labute approximate surface area is 96.3 Å². The monoisotopic (exact) mass is 217 g/mol. The third kappa shape index (κ3) is 9.89. The molecule has 5 nitrogen and oxygen atoms in total. The van der Waals surface area contributed by atoms with Crippen LogP contribution in [0.1, 0.15) is 27.7 Å². The average Bonchev–Trinajstić information content (AvgIpc) is 2.27. The van der Waals surface area contributed by atoms with Gasteiger partial charge in [-0.05, 0) is 27.7 Å². The van der Waals surface area contributed by atoms with Crippen molar-refractivity contribution in [2.24, 2.45) is 10.2 Å². The minimum absolute atomic E-state index is 0.839. The van der Waals surface area contributed by atoms with E-state index in [0.717, 1.165) is 0 Å². The summed E-state index contributed by atoms with van der Waals surface area (Å²) in [6, 6.07) is 5.63. The molecule has 0 radical (unpaired) electrons. The number of allylic oxidation sites excluding steroid dienone is 1. The van der Waals surface area contributed by atoms with Crippen molar-refractivity contribution in [1.82, 2.24) is 0 Å². The fourth-order valence-corrected chi connectivity index (χ4v) is 0.295. The summed E-state index contributed by atoms with van der Waals surface area (Å²) in [5.74, 6) is 0. The van der Waals surface area contributed by atoms with Crippen molar-refractivity contribution in [3.63, 3.8) is 0 Å². The largest absolute Gasteiger partial charge is 0.196 e. The summed E-state index contributed by atoms with van der Waals surface area (Å²) in [4.78, 5) is 0. The van der Waals surface area contributed by atoms with Gasteiger partial charge in [-0.3, -0.25) is 0 Å². The molecule has 5 heteroatoms. The van der Waals surface area contributed by atoms with Gasteiger partial charge in [-0.25, -0.2) is 0 Å². The predicted molar refractivity (Wildman–Crippen MR) is 60.1 cm³/mol. The fourth-order valence-electron chi connectivity index (χ4n) is 0.295. The molecule has 0 N–H and O–H groups in total. The van der Waals surface area contributed by atoms with Gasteiger partial charge in [-0.1, -0.05) is 6.58 Å². The standard InChI is InChI=1S/C8H12N4.C3H3N/c1-7(2,5-9)11-12-8(3,4)6-10;1-2-3-4/h1-4H3;2H,1H2. The molecule has 84 valence electrons. The first kappa shape index (κ1) is 16.2. The average molecular weight is 217 g/mol. The van der Waals surface area contributed by atoms with E-state index >= 15 is 0 Å². The Bertz CT molecular complexity index is 343. The summed E-state index contributed by atoms with van der Waals surface area (Å²) < 4.78 is 0. The third-order valence-electron chi connectivity index (χ3n) is 1.19. The minimum Gasteiger partial charge on any atom is -0.196 e. The molecule has 0 saturated carbocycles. The molecule has 0 aromatic carbocycles. The smallest absolute Gasteiger partial charge is 0.162 e. The lowest BCUT2D eigenvalue weighted by atomic mass is 10.1. The predicted octanol–water partition coefficient (Wildman–Crippen LogP) is 2.74. The molecule has 0 spiro atoms. The Kier molecular flexibility index (Phi) is 7.26. The van der Waals surface area contributed by atoms with E-state index in [0.29, 0.717) is 0 Å². The Hall–Kier alpha value is -2.19. The lowest BCUT2D eigenvalue weighted by molar-refractivity contribution is 0.541. The van der Waals surface area contributed by atoms with Gasteiger partial charge in [0.2, 0.25) is 0 Å². The van der Waals surface area contributed by atoms with Crippen LogP contribution in [0.5, 0.6) is 0 Å². The van der Waals surface area contributed by atoms with Crippen LogP contribution >= 0.6 is 0 Å². The van der Waals surface area contributed by atoms with Crippen molar-refractivity contribution in [3.05, 3.63) is 12.7 Å². The number of hydrogen-bond acceptors (Lipinski definition) is 5. The van der Waals surface area contributed by atoms with Crippen molar-refractivity contribution in [1.29, 1.82) is 15.8 Å². The molecule has 0 aliphatic heterocycles. The summed E-state index contributed by atoms with van der Waals surface area (Å²) in [7, 11) is 0. The lowest BCUT2D eigenvalue weighted by Gasteiger charge is -2.11. The maximum Gasteiger partial charge on any atom is 0.162 e. The molecular weight excluding hydrogens is 202 g/mol. The Morgan fingerprint density at radius 2 is 1.19 bits per heavy atom. The van der Waals surface area contributed by atoms with Crippen LogP contribution in [0, 0.1) is 34.0 Å². The molecule has 0 saturated heterocycles. The molecule has 0 aromatic heterocycles. The number of rotatable bonds is 2. The zero-order valence-electron chi connectivity index (χ0n) is 10.0. The summed E-state index contributed by atoms with van der Waals surface area (Å²) in [6.45, 7) is 9.69. The van der Waals surface area contributed by atoms with E-state index in [1.54, 1.807) is 33.8 Å². The van der Waals surface area contributed by atoms with Gasteiger partial charge in [-0.15, -0.1) is 0 Å². The quantitative estimate of drug-likeness (QED) is 0.525. The molecule has 0 heterocycles. The second kappa shape index (κ2) is 7.15. The second-order valence-corrected chi connectivity index (χ2v) is 3.87. The first-order valence-electron chi connectivity index (χ1n) is 4.51. The van der Waals surface area contributed by atoms with Gasteiger partial charge in [0, 0.05) is 6.08 Å². The fraction of sp³-hybridized carbons (Fsp3) is 0.545. The van der Waals surface area contributed by atoms with Crippen molar-refractivity contribution >= 4 is 0 Å². The molecule has 0 atom stereocenters. The van der Waals surface area contributed by atoms with Gasteiger partial charge in [0.1, 0.15) is 0 Å². The van der Waals surface area contributed by atoms with Gasteiger partial charge in [0.15, 0.2) is 11.1 Å². The molecule has 0 amide bonds. The highest BCUT2D eigenvalue weighted by atomic mass is 15.2. The first-order chi connectivity index (χ1) is 7.24. The highest BCUT2D eigenvalue weighted by Gasteiger charge is 2.19. The van der Waals surface area contributed by atoms with Crippen molar-refractivity contribution < 1.29 is 0 Å². The normalized spacial score (nSPS) is 10.3. The zero-order valence-corrected chi connectivity index (χ0v) is 10.0. The highest BCUT2D eigenvalue weighted by Crippen LogP contribution is 2.13. The SMILES string of the molecule is C=CC#N.CC(C)(C#N)N=NC(C)(C)C#N. The molecule has 0 aliphatic rings. The van der Waals surface area contributed by atoms with Gasteiger partial charge >= 0.3 is 0 Å². The van der Waals surface area contributed by atoms with Gasteiger partial charge in [0.05, 0.1) is 18.2 Å². The Morgan fingerprint density at radius 3 is 1.31 bits per heavy atom. The molecule has 0 aliphatic carbocycles. The highest BCUT2D eigenvalue weighted by molar-refractivity contribution is 5.03. The Balaban J connectivity index is 0. The van der Waals surface area contributed by atoms with Crippen LogP contribution in [0.15, 0.2) is 22.9 Å². The van der Waals surface area contributed by atoms with Gasteiger partial charge in [0.25, 0.3) is 0 Å². The number of hydrogen-bond donors (Lipinski definition) is 0. The minimum atomic E-state index is -0.839. The molecule has 0 rings (SSSR count). The topological polar surface area (TPSA) is 96.1 Å². The summed E-state index contributed by atoms with van der Waals surface area (Å²) in [6.07, 6.45) is 1.18. The van der Waals surface area contributed by atoms with E-state index in [9.17, 15) is 0 Å². The van der Waals surface area contributed by atoms with Crippen LogP contribution < -0.4 is 0 Å². The van der Waals surface area contributed by atoms with E-state index in [1.165, 1.54) is 6.08 Å². The summed E-state index contributed by atoms with van der Waals surface area (Å²) in [5.41, 5.74) is -1.68. The second-order valence-electron chi connectivity index (χ2n) is 3.87. The number of nitriles is 3. The van der Waals surface area contributed by atoms with Crippen molar-refractivity contribution in [3.8, 4) is 18.2 Å². The van der Waals surface area contributed by atoms with Crippen LogP contribution in [0.2, 0.25) is 0 Å².